The number of nitrogens with one attached hydrogen (secondary N) is 1. The van der Waals surface area contributed by atoms with E-state index in [0.29, 0.717) is 12.8 Å². The molecule has 0 spiro atoms. The van der Waals surface area contributed by atoms with Crippen molar-refractivity contribution in [2.45, 2.75) is 70.1 Å². The molecule has 29 heavy (non-hydrogen) atoms. The summed E-state index contributed by atoms with van der Waals surface area (Å²) in [7, 11) is 0. The number of ether oxygens (including phenoxy) is 1. The fraction of sp³-hybridized carbons (Fsp3) is 0.591. The number of piperidine rings is 1. The molecular formula is C22H31N3O4. The van der Waals surface area contributed by atoms with Crippen molar-refractivity contribution in [2.75, 3.05) is 6.61 Å². The third-order valence-corrected chi connectivity index (χ3v) is 6.09. The maximum Gasteiger partial charge on any atom is 0.323 e. The Balaban J connectivity index is 1.66. The van der Waals surface area contributed by atoms with Gasteiger partial charge in [0.15, 0.2) is 0 Å². The second-order valence-electron chi connectivity index (χ2n) is 8.04. The van der Waals surface area contributed by atoms with Gasteiger partial charge in [-0.25, -0.2) is 0 Å². The second-order valence-corrected chi connectivity index (χ2v) is 8.04. The van der Waals surface area contributed by atoms with Crippen LogP contribution >= 0.6 is 0 Å². The fourth-order valence-corrected chi connectivity index (χ4v) is 4.74. The first-order valence-corrected chi connectivity index (χ1v) is 10.5. The topological polar surface area (TPSA) is 102 Å². The van der Waals surface area contributed by atoms with Crippen LogP contribution in [0.25, 0.3) is 0 Å². The Morgan fingerprint density at radius 2 is 1.97 bits per heavy atom. The number of carbonyl (C=O) groups is 3. The van der Waals surface area contributed by atoms with Gasteiger partial charge in [-0.15, -0.1) is 0 Å². The molecule has 2 aliphatic rings. The van der Waals surface area contributed by atoms with Gasteiger partial charge in [0.2, 0.25) is 11.8 Å². The summed E-state index contributed by atoms with van der Waals surface area (Å²) in [5.41, 5.74) is 6.71. The van der Waals surface area contributed by atoms with Gasteiger partial charge in [0.25, 0.3) is 0 Å². The average molecular weight is 402 g/mol. The minimum atomic E-state index is -0.610. The van der Waals surface area contributed by atoms with Crippen LogP contribution in [-0.2, 0) is 25.5 Å². The molecule has 1 aromatic carbocycles. The lowest BCUT2D eigenvalue weighted by Crippen LogP contribution is -2.58. The molecule has 5 atom stereocenters. The standard InChI is InChI=1S/C22H31N3O4/c1-3-29-22(28)18(12-9-15-7-5-4-6-8-15)24-14(2)21(27)25-17-11-10-16(13-17)19(25)20(23)26/h4-8,14,16-19,24H,3,9-13H2,1-2H3,(H2,23,26)/t14-,16?,17?,18-,19?/m0/s1. The Labute approximate surface area is 172 Å². The number of fused-ring (bicyclic) bond motifs is 2. The molecule has 3 N–H and O–H groups in total. The third kappa shape index (κ3) is 4.78. The summed E-state index contributed by atoms with van der Waals surface area (Å²) in [5, 5.41) is 3.15. The van der Waals surface area contributed by atoms with Gasteiger partial charge in [-0.3, -0.25) is 19.7 Å². The monoisotopic (exact) mass is 401 g/mol. The van der Waals surface area contributed by atoms with E-state index >= 15 is 0 Å². The minimum Gasteiger partial charge on any atom is -0.465 e. The van der Waals surface area contributed by atoms with Crippen LogP contribution in [0.2, 0.25) is 0 Å². The van der Waals surface area contributed by atoms with E-state index in [1.807, 2.05) is 30.3 Å². The molecule has 1 aliphatic carbocycles. The molecule has 2 fully saturated rings. The van der Waals surface area contributed by atoms with Crippen LogP contribution in [0.3, 0.4) is 0 Å². The quantitative estimate of drug-likeness (QED) is 0.609. The van der Waals surface area contributed by atoms with Crippen LogP contribution in [0.15, 0.2) is 30.3 Å². The smallest absolute Gasteiger partial charge is 0.323 e. The summed E-state index contributed by atoms with van der Waals surface area (Å²) in [6.07, 6.45) is 3.89. The number of hydrogen-bond acceptors (Lipinski definition) is 5. The van der Waals surface area contributed by atoms with Crippen molar-refractivity contribution in [3.8, 4) is 0 Å². The number of hydrogen-bond donors (Lipinski definition) is 2. The van der Waals surface area contributed by atoms with Crippen molar-refractivity contribution in [3.05, 3.63) is 35.9 Å². The van der Waals surface area contributed by atoms with Gasteiger partial charge in [-0.1, -0.05) is 30.3 Å². The molecule has 7 heteroatoms. The predicted octanol–water partition coefficient (Wildman–Crippen LogP) is 1.39. The summed E-state index contributed by atoms with van der Waals surface area (Å²) in [5.74, 6) is -0.816. The van der Waals surface area contributed by atoms with Gasteiger partial charge >= 0.3 is 5.97 Å². The molecule has 1 aromatic rings. The molecule has 1 saturated heterocycles. The zero-order valence-electron chi connectivity index (χ0n) is 17.2. The Morgan fingerprint density at radius 3 is 2.62 bits per heavy atom. The number of amides is 2. The summed E-state index contributed by atoms with van der Waals surface area (Å²) in [6, 6.07) is 8.22. The third-order valence-electron chi connectivity index (χ3n) is 6.09. The predicted molar refractivity (Wildman–Crippen MR) is 109 cm³/mol. The lowest BCUT2D eigenvalue weighted by Gasteiger charge is -2.36. The van der Waals surface area contributed by atoms with Crippen LogP contribution in [0.4, 0.5) is 0 Å². The highest BCUT2D eigenvalue weighted by molar-refractivity contribution is 5.90. The van der Waals surface area contributed by atoms with E-state index in [1.165, 1.54) is 0 Å². The molecule has 2 amide bonds. The van der Waals surface area contributed by atoms with E-state index in [4.69, 9.17) is 10.5 Å². The molecule has 0 aromatic heterocycles. The molecule has 1 heterocycles. The van der Waals surface area contributed by atoms with Crippen LogP contribution in [0.5, 0.6) is 0 Å². The van der Waals surface area contributed by atoms with Crippen molar-refractivity contribution < 1.29 is 19.1 Å². The van der Waals surface area contributed by atoms with E-state index < -0.39 is 24.0 Å². The number of aryl methyl sites for hydroxylation is 1. The molecule has 0 radical (unpaired) electrons. The molecule has 1 aliphatic heterocycles. The molecule has 2 bridgehead atoms. The first-order valence-electron chi connectivity index (χ1n) is 10.5. The van der Waals surface area contributed by atoms with E-state index in [-0.39, 0.29) is 30.4 Å². The number of nitrogens with two attached hydrogens (primary N) is 1. The Morgan fingerprint density at radius 1 is 1.24 bits per heavy atom. The number of carbonyl (C=O) groups excluding carboxylic acids is 3. The zero-order valence-corrected chi connectivity index (χ0v) is 17.2. The lowest BCUT2D eigenvalue weighted by atomic mass is 9.97. The first kappa shape index (κ1) is 21.3. The number of nitrogens with zero attached hydrogens (tertiary/aromatic N) is 1. The van der Waals surface area contributed by atoms with Crippen molar-refractivity contribution in [3.63, 3.8) is 0 Å². The number of esters is 1. The highest BCUT2D eigenvalue weighted by Crippen LogP contribution is 2.42. The highest BCUT2D eigenvalue weighted by atomic mass is 16.5. The average Bonchev–Trinajstić information content (AvgIpc) is 3.32. The normalized spacial score (nSPS) is 24.9. The summed E-state index contributed by atoms with van der Waals surface area (Å²) < 4.78 is 5.21. The molecule has 7 nitrogen and oxygen atoms in total. The SMILES string of the molecule is CCOC(=O)[C@H](CCc1ccccc1)N[C@@H](C)C(=O)N1C2CCC(C2)C1C(N)=O. The van der Waals surface area contributed by atoms with Crippen molar-refractivity contribution in [1.29, 1.82) is 0 Å². The van der Waals surface area contributed by atoms with Crippen LogP contribution in [0.1, 0.15) is 45.1 Å². The maximum atomic E-state index is 13.1. The van der Waals surface area contributed by atoms with E-state index in [1.54, 1.807) is 18.7 Å². The van der Waals surface area contributed by atoms with Crippen molar-refractivity contribution >= 4 is 17.8 Å². The number of primary amides is 1. The van der Waals surface area contributed by atoms with E-state index in [0.717, 1.165) is 24.8 Å². The van der Waals surface area contributed by atoms with E-state index in [2.05, 4.69) is 5.32 Å². The maximum absolute atomic E-state index is 13.1. The first-order chi connectivity index (χ1) is 13.9. The van der Waals surface area contributed by atoms with Crippen molar-refractivity contribution in [2.24, 2.45) is 11.7 Å². The van der Waals surface area contributed by atoms with E-state index in [9.17, 15) is 14.4 Å². The summed E-state index contributed by atoms with van der Waals surface area (Å²) in [4.78, 5) is 39.2. The number of rotatable bonds is 9. The molecule has 158 valence electrons. The van der Waals surface area contributed by atoms with Crippen molar-refractivity contribution in [1.82, 2.24) is 10.2 Å². The van der Waals surface area contributed by atoms with Gasteiger partial charge < -0.3 is 15.4 Å². The Bertz CT molecular complexity index is 739. The highest BCUT2D eigenvalue weighted by Gasteiger charge is 2.51. The summed E-state index contributed by atoms with van der Waals surface area (Å²) in [6.45, 7) is 3.78. The van der Waals surface area contributed by atoms with Gasteiger partial charge in [0.05, 0.1) is 12.6 Å². The largest absolute Gasteiger partial charge is 0.465 e. The van der Waals surface area contributed by atoms with Gasteiger partial charge in [-0.05, 0) is 57.4 Å². The minimum absolute atomic E-state index is 0.0691. The zero-order chi connectivity index (χ0) is 21.0. The molecule has 3 rings (SSSR count). The van der Waals surface area contributed by atoms with Crippen LogP contribution in [0, 0.1) is 5.92 Å². The van der Waals surface area contributed by atoms with Gasteiger partial charge in [0.1, 0.15) is 12.1 Å². The second kappa shape index (κ2) is 9.39. The van der Waals surface area contributed by atoms with Gasteiger partial charge in [-0.2, -0.15) is 0 Å². The summed E-state index contributed by atoms with van der Waals surface area (Å²) >= 11 is 0. The molecular weight excluding hydrogens is 370 g/mol. The van der Waals surface area contributed by atoms with Crippen LogP contribution in [-0.4, -0.2) is 53.5 Å². The Hall–Kier alpha value is -2.41. The van der Waals surface area contributed by atoms with Gasteiger partial charge in [0, 0.05) is 6.04 Å². The molecule has 1 saturated carbocycles. The Kier molecular flexibility index (Phi) is 6.90. The molecule has 3 unspecified atom stereocenters. The number of benzene rings is 1. The number of likely N-dealkylation sites (tertiary alicyclic amines) is 1. The lowest BCUT2D eigenvalue weighted by molar-refractivity contribution is -0.147. The fourth-order valence-electron chi connectivity index (χ4n) is 4.74. The van der Waals surface area contributed by atoms with Crippen LogP contribution < -0.4 is 11.1 Å².